The maximum absolute atomic E-state index is 6.76. The molecule has 0 aromatic rings. The molecule has 0 aliphatic heterocycles. The second kappa shape index (κ2) is 2.00. The van der Waals surface area contributed by atoms with Crippen LogP contribution in [0.5, 0.6) is 0 Å². The summed E-state index contributed by atoms with van der Waals surface area (Å²) in [5.41, 5.74) is 0. The van der Waals surface area contributed by atoms with Crippen LogP contribution < -0.4 is 0 Å². The summed E-state index contributed by atoms with van der Waals surface area (Å²) in [6.45, 7) is -4.77. The van der Waals surface area contributed by atoms with Gasteiger partial charge in [-0.1, -0.05) is 36.3 Å². The summed E-state index contributed by atoms with van der Waals surface area (Å²) in [6.07, 6.45) is 0. The zero-order valence-corrected chi connectivity index (χ0v) is 4.11. The number of alkyl halides is 1. The minimum atomic E-state index is -2.38. The summed E-state index contributed by atoms with van der Waals surface area (Å²) in [5, 5.41) is 0. The molecule has 0 unspecified atom stereocenters. The van der Waals surface area contributed by atoms with E-state index < -0.39 is 17.6 Å². The number of rotatable bonds is 0. The highest BCUT2D eigenvalue weighted by atomic mass is 127. The van der Waals surface area contributed by atoms with Crippen molar-refractivity contribution in [1.82, 2.24) is 0 Å². The standard InChI is InChI=1S/C3H7I/c1-3(2)4/h3H,1-2H3/i1D3,2D3. The van der Waals surface area contributed by atoms with Crippen LogP contribution in [0.15, 0.2) is 0 Å². The zero-order valence-electron chi connectivity index (χ0n) is 7.96. The van der Waals surface area contributed by atoms with Gasteiger partial charge >= 0.3 is 0 Å². The summed E-state index contributed by atoms with van der Waals surface area (Å²) in [7, 11) is 0. The van der Waals surface area contributed by atoms with Gasteiger partial charge in [0.1, 0.15) is 0 Å². The second-order valence-electron chi connectivity index (χ2n) is 0.363. The minimum absolute atomic E-state index is 1.27. The third-order valence-corrected chi connectivity index (χ3v) is 0. The van der Waals surface area contributed by atoms with E-state index >= 15 is 0 Å². The van der Waals surface area contributed by atoms with E-state index in [1.807, 2.05) is 0 Å². The number of halogens is 1. The smallest absolute Gasteiger partial charge is 0.0241 e. The van der Waals surface area contributed by atoms with E-state index in [4.69, 9.17) is 8.22 Å². The highest BCUT2D eigenvalue weighted by molar-refractivity contribution is 14.1. The molecule has 0 fully saturated rings. The molecule has 0 atom stereocenters. The Morgan fingerprint density at radius 3 is 2.50 bits per heavy atom. The van der Waals surface area contributed by atoms with Crippen molar-refractivity contribution in [1.29, 1.82) is 0 Å². The summed E-state index contributed by atoms with van der Waals surface area (Å²) in [5.74, 6) is 0. The highest BCUT2D eigenvalue weighted by Gasteiger charge is 1.70. The van der Waals surface area contributed by atoms with Gasteiger partial charge in [-0.2, -0.15) is 0 Å². The molecule has 0 aromatic heterocycles. The first-order chi connectivity index (χ1) is 4.15. The fourth-order valence-electron chi connectivity index (χ4n) is 0. The van der Waals surface area contributed by atoms with Crippen LogP contribution >= 0.6 is 22.6 Å². The molecule has 0 amide bonds. The van der Waals surface area contributed by atoms with Crippen molar-refractivity contribution >= 4 is 22.6 Å². The van der Waals surface area contributed by atoms with Crippen LogP contribution in [-0.4, -0.2) is 3.92 Å². The van der Waals surface area contributed by atoms with Crippen LogP contribution in [0, 0.1) is 0 Å². The van der Waals surface area contributed by atoms with Gasteiger partial charge in [0.05, 0.1) is 0 Å². The first kappa shape index (κ1) is 0.695. The van der Waals surface area contributed by atoms with E-state index in [0.717, 1.165) is 0 Å². The monoisotopic (exact) mass is 176 g/mol. The predicted octanol–water partition coefficient (Wildman–Crippen LogP) is 1.83. The zero-order chi connectivity index (χ0) is 8.58. The van der Waals surface area contributed by atoms with Crippen molar-refractivity contribution in [2.75, 3.05) is 0 Å². The largest absolute Gasteiger partial charge is 0.0832 e. The van der Waals surface area contributed by atoms with Crippen LogP contribution in [0.4, 0.5) is 0 Å². The molecule has 0 heterocycles. The van der Waals surface area contributed by atoms with Gasteiger partial charge in [0.15, 0.2) is 0 Å². The molecule has 0 saturated heterocycles. The van der Waals surface area contributed by atoms with Gasteiger partial charge in [-0.15, -0.1) is 0 Å². The molecular formula is C3H7I. The van der Waals surface area contributed by atoms with Gasteiger partial charge in [-0.3, -0.25) is 0 Å². The lowest BCUT2D eigenvalue weighted by Crippen LogP contribution is -1.69. The predicted molar refractivity (Wildman–Crippen MR) is 29.2 cm³/mol. The summed E-state index contributed by atoms with van der Waals surface area (Å²) in [4.78, 5) is 0. The molecule has 0 N–H and O–H groups in total. The molecular weight excluding hydrogens is 163 g/mol. The van der Waals surface area contributed by atoms with Crippen LogP contribution in [0.1, 0.15) is 21.9 Å². The molecule has 0 bridgehead atoms. The maximum atomic E-state index is 6.76. The van der Waals surface area contributed by atoms with Crippen molar-refractivity contribution in [2.24, 2.45) is 0 Å². The van der Waals surface area contributed by atoms with Gasteiger partial charge in [0, 0.05) is 12.1 Å². The fourth-order valence-corrected chi connectivity index (χ4v) is 0. The molecule has 0 rings (SSSR count). The average Bonchev–Trinajstić information content (AvgIpc) is 1.59. The quantitative estimate of drug-likeness (QED) is 0.390. The van der Waals surface area contributed by atoms with Gasteiger partial charge in [0.2, 0.25) is 0 Å². The molecule has 0 nitrogen and oxygen atoms in total. The third kappa shape index (κ3) is 15.3. The Labute approximate surface area is 49.2 Å². The first-order valence-corrected chi connectivity index (χ1v) is 2.04. The Morgan fingerprint density at radius 1 is 2.00 bits per heavy atom. The number of hydrogen-bond donors (Lipinski definition) is 0. The lowest BCUT2D eigenvalue weighted by Gasteiger charge is -1.76. The molecule has 26 valence electrons. The molecule has 0 spiro atoms. The normalized spacial score (nSPS) is 37.5. The lowest BCUT2D eigenvalue weighted by molar-refractivity contribution is 1.16. The van der Waals surface area contributed by atoms with Gasteiger partial charge < -0.3 is 0 Å². The van der Waals surface area contributed by atoms with E-state index in [-0.39, 0.29) is 0 Å². The highest BCUT2D eigenvalue weighted by Crippen LogP contribution is 1.91. The Balaban J connectivity index is 4.23. The molecule has 4 heavy (non-hydrogen) atoms. The van der Waals surface area contributed by atoms with Crippen molar-refractivity contribution < 1.29 is 8.22 Å². The molecule has 0 aliphatic carbocycles. The number of hydrogen-bond acceptors (Lipinski definition) is 0. The van der Waals surface area contributed by atoms with Crippen molar-refractivity contribution in [3.63, 3.8) is 0 Å². The fraction of sp³-hybridized carbons (Fsp3) is 1.00. The summed E-state index contributed by atoms with van der Waals surface area (Å²) in [6, 6.07) is 0. The van der Waals surface area contributed by atoms with Crippen molar-refractivity contribution in [2.45, 2.75) is 17.6 Å². The van der Waals surface area contributed by atoms with Crippen LogP contribution in [0.3, 0.4) is 0 Å². The molecule has 0 aromatic carbocycles. The van der Waals surface area contributed by atoms with E-state index in [9.17, 15) is 0 Å². The minimum Gasteiger partial charge on any atom is -0.0832 e. The first-order valence-electron chi connectivity index (χ1n) is 3.80. The SMILES string of the molecule is [2H]C([2H])([2H])C(I)C([2H])([2H])[2H]. The molecule has 1 heteroatoms. The van der Waals surface area contributed by atoms with Gasteiger partial charge in [0.25, 0.3) is 0 Å². The van der Waals surface area contributed by atoms with Gasteiger partial charge in [-0.05, 0) is 0 Å². The summed E-state index contributed by atoms with van der Waals surface area (Å²) < 4.78 is 39.3. The Kier molecular flexibility index (Phi) is 0.347. The molecule has 0 saturated carbocycles. The van der Waals surface area contributed by atoms with E-state index in [0.29, 0.717) is 0 Å². The van der Waals surface area contributed by atoms with E-state index in [1.165, 1.54) is 22.6 Å². The lowest BCUT2D eigenvalue weighted by atomic mass is 10.6. The maximum Gasteiger partial charge on any atom is 0.0241 e. The third-order valence-electron chi connectivity index (χ3n) is 0. The Hall–Kier alpha value is 0.730. The Morgan fingerprint density at radius 2 is 2.50 bits per heavy atom. The average molecular weight is 176 g/mol. The Bertz CT molecular complexity index is 97.1. The molecule has 0 radical (unpaired) electrons. The summed E-state index contributed by atoms with van der Waals surface area (Å²) >= 11 is 1.43. The van der Waals surface area contributed by atoms with Crippen LogP contribution in [0.2, 0.25) is 0 Å². The van der Waals surface area contributed by atoms with Crippen molar-refractivity contribution in [3.8, 4) is 0 Å². The van der Waals surface area contributed by atoms with E-state index in [1.54, 1.807) is 0 Å². The van der Waals surface area contributed by atoms with E-state index in [2.05, 4.69) is 0 Å². The van der Waals surface area contributed by atoms with Crippen molar-refractivity contribution in [3.05, 3.63) is 0 Å². The van der Waals surface area contributed by atoms with Gasteiger partial charge in [-0.25, -0.2) is 0 Å². The topological polar surface area (TPSA) is 0 Å². The van der Waals surface area contributed by atoms with Crippen LogP contribution in [0.25, 0.3) is 0 Å². The molecule has 0 aliphatic rings. The van der Waals surface area contributed by atoms with Crippen LogP contribution in [-0.2, 0) is 0 Å². The second-order valence-corrected chi connectivity index (χ2v) is 1.61.